The molecular formula is C15H22N4O3. The van der Waals surface area contributed by atoms with Crippen LogP contribution < -0.4 is 5.32 Å². The fourth-order valence-electron chi connectivity index (χ4n) is 2.77. The molecule has 2 aromatic rings. The molecule has 0 amide bonds. The largest absolute Gasteiger partial charge is 0.472 e. The Morgan fingerprint density at radius 1 is 1.36 bits per heavy atom. The number of likely N-dealkylation sites (tertiary alicyclic amines) is 1. The van der Waals surface area contributed by atoms with Gasteiger partial charge in [0.2, 0.25) is 11.7 Å². The van der Waals surface area contributed by atoms with Gasteiger partial charge in [0.25, 0.3) is 0 Å². The number of hydrogen-bond donors (Lipinski definition) is 2. The van der Waals surface area contributed by atoms with Crippen molar-refractivity contribution < 1.29 is 14.0 Å². The average Bonchev–Trinajstić information content (AvgIpc) is 3.20. The van der Waals surface area contributed by atoms with Crippen molar-refractivity contribution in [2.24, 2.45) is 5.92 Å². The second-order valence-electron chi connectivity index (χ2n) is 5.66. The third kappa shape index (κ3) is 3.94. The van der Waals surface area contributed by atoms with Gasteiger partial charge < -0.3 is 24.3 Å². The van der Waals surface area contributed by atoms with E-state index in [0.717, 1.165) is 44.6 Å². The molecule has 7 heteroatoms. The Morgan fingerprint density at radius 3 is 2.95 bits per heavy atom. The summed E-state index contributed by atoms with van der Waals surface area (Å²) in [4.78, 5) is 6.65. The number of piperidine rings is 1. The molecule has 0 spiro atoms. The van der Waals surface area contributed by atoms with Crippen molar-refractivity contribution in [1.82, 2.24) is 20.4 Å². The molecule has 2 aromatic heterocycles. The number of nitrogens with zero attached hydrogens (tertiary/aromatic N) is 3. The van der Waals surface area contributed by atoms with Gasteiger partial charge in [-0.2, -0.15) is 4.98 Å². The number of β-amino-alcohol motifs (C(OH)–C–C–N with tert-alkyl or cyclic N) is 1. The normalized spacial score (nSPS) is 17.1. The number of aliphatic hydroxyl groups is 1. The van der Waals surface area contributed by atoms with Crippen LogP contribution in [0, 0.1) is 5.92 Å². The van der Waals surface area contributed by atoms with E-state index in [-0.39, 0.29) is 6.61 Å². The molecular weight excluding hydrogens is 284 g/mol. The molecule has 1 fully saturated rings. The minimum absolute atomic E-state index is 0.249. The molecule has 1 aliphatic heterocycles. The monoisotopic (exact) mass is 306 g/mol. The van der Waals surface area contributed by atoms with Gasteiger partial charge in [0, 0.05) is 6.54 Å². The van der Waals surface area contributed by atoms with Crippen LogP contribution in [0.5, 0.6) is 0 Å². The zero-order chi connectivity index (χ0) is 15.2. The number of aliphatic hydroxyl groups excluding tert-OH is 1. The van der Waals surface area contributed by atoms with Crippen molar-refractivity contribution in [3.05, 3.63) is 24.5 Å². The van der Waals surface area contributed by atoms with Gasteiger partial charge >= 0.3 is 0 Å². The Hall–Kier alpha value is -1.70. The Balaban J connectivity index is 1.39. The zero-order valence-electron chi connectivity index (χ0n) is 12.6. The highest BCUT2D eigenvalue weighted by atomic mass is 16.5. The summed E-state index contributed by atoms with van der Waals surface area (Å²) in [5, 5.41) is 16.3. The third-order valence-electron chi connectivity index (χ3n) is 4.08. The number of furan rings is 1. The first kappa shape index (κ1) is 15.2. The SMILES string of the molecule is OCCN1CCC(CNCc2nc(-c3ccoc3)no2)CC1. The van der Waals surface area contributed by atoms with Gasteiger partial charge in [-0.1, -0.05) is 5.16 Å². The van der Waals surface area contributed by atoms with Gasteiger partial charge in [-0.15, -0.1) is 0 Å². The Labute approximate surface area is 129 Å². The molecule has 120 valence electrons. The van der Waals surface area contributed by atoms with Gasteiger partial charge in [0.1, 0.15) is 6.26 Å². The van der Waals surface area contributed by atoms with Crippen LogP contribution in [0.4, 0.5) is 0 Å². The number of nitrogens with one attached hydrogen (secondary N) is 1. The second kappa shape index (κ2) is 7.53. The summed E-state index contributed by atoms with van der Waals surface area (Å²) in [5.41, 5.74) is 0.825. The fraction of sp³-hybridized carbons (Fsp3) is 0.600. The molecule has 7 nitrogen and oxygen atoms in total. The molecule has 0 aliphatic carbocycles. The molecule has 1 saturated heterocycles. The van der Waals surface area contributed by atoms with Gasteiger partial charge in [-0.3, -0.25) is 0 Å². The zero-order valence-corrected chi connectivity index (χ0v) is 12.6. The predicted molar refractivity (Wildman–Crippen MR) is 80.0 cm³/mol. The van der Waals surface area contributed by atoms with Crippen LogP contribution >= 0.6 is 0 Å². The molecule has 1 aliphatic rings. The molecule has 0 bridgehead atoms. The summed E-state index contributed by atoms with van der Waals surface area (Å²) in [6, 6.07) is 1.81. The highest BCUT2D eigenvalue weighted by molar-refractivity contribution is 5.51. The van der Waals surface area contributed by atoms with Crippen molar-refractivity contribution >= 4 is 0 Å². The van der Waals surface area contributed by atoms with Crippen LogP contribution in [-0.4, -0.2) is 52.9 Å². The highest BCUT2D eigenvalue weighted by Crippen LogP contribution is 2.17. The summed E-state index contributed by atoms with van der Waals surface area (Å²) in [6.07, 6.45) is 5.52. The molecule has 3 heterocycles. The molecule has 0 saturated carbocycles. The number of aromatic nitrogens is 2. The van der Waals surface area contributed by atoms with E-state index in [1.54, 1.807) is 12.5 Å². The summed E-state index contributed by atoms with van der Waals surface area (Å²) in [7, 11) is 0. The van der Waals surface area contributed by atoms with E-state index in [1.807, 2.05) is 6.07 Å². The first-order valence-electron chi connectivity index (χ1n) is 7.74. The fourth-order valence-corrected chi connectivity index (χ4v) is 2.77. The van der Waals surface area contributed by atoms with Crippen molar-refractivity contribution in [3.8, 4) is 11.4 Å². The van der Waals surface area contributed by atoms with Crippen molar-refractivity contribution in [1.29, 1.82) is 0 Å². The van der Waals surface area contributed by atoms with E-state index in [0.29, 0.717) is 24.2 Å². The highest BCUT2D eigenvalue weighted by Gasteiger charge is 2.18. The van der Waals surface area contributed by atoms with E-state index >= 15 is 0 Å². The summed E-state index contributed by atoms with van der Waals surface area (Å²) >= 11 is 0. The minimum Gasteiger partial charge on any atom is -0.472 e. The van der Waals surface area contributed by atoms with E-state index in [9.17, 15) is 0 Å². The van der Waals surface area contributed by atoms with Crippen LogP contribution in [0.15, 0.2) is 27.5 Å². The topological polar surface area (TPSA) is 87.6 Å². The predicted octanol–water partition coefficient (Wildman–Crippen LogP) is 1.12. The number of hydrogen-bond acceptors (Lipinski definition) is 7. The standard InChI is InChI=1S/C15H22N4O3/c20-7-6-19-4-1-12(2-5-19)9-16-10-14-17-15(18-22-14)13-3-8-21-11-13/h3,8,11-12,16,20H,1-2,4-7,9-10H2. The maximum atomic E-state index is 8.94. The Morgan fingerprint density at radius 2 is 2.23 bits per heavy atom. The lowest BCUT2D eigenvalue weighted by Gasteiger charge is -2.31. The van der Waals surface area contributed by atoms with Crippen LogP contribution in [0.3, 0.4) is 0 Å². The smallest absolute Gasteiger partial charge is 0.240 e. The first-order chi connectivity index (χ1) is 10.8. The lowest BCUT2D eigenvalue weighted by molar-refractivity contribution is 0.146. The van der Waals surface area contributed by atoms with Gasteiger partial charge in [0.15, 0.2) is 0 Å². The van der Waals surface area contributed by atoms with Crippen molar-refractivity contribution in [3.63, 3.8) is 0 Å². The molecule has 0 radical (unpaired) electrons. The average molecular weight is 306 g/mol. The summed E-state index contributed by atoms with van der Waals surface area (Å²) in [6.45, 7) is 4.71. The summed E-state index contributed by atoms with van der Waals surface area (Å²) in [5.74, 6) is 1.82. The lowest BCUT2D eigenvalue weighted by Crippen LogP contribution is -2.38. The first-order valence-corrected chi connectivity index (χ1v) is 7.74. The molecule has 0 atom stereocenters. The molecule has 3 rings (SSSR count). The molecule has 2 N–H and O–H groups in total. The van der Waals surface area contributed by atoms with Gasteiger partial charge in [-0.25, -0.2) is 0 Å². The van der Waals surface area contributed by atoms with E-state index < -0.39 is 0 Å². The van der Waals surface area contributed by atoms with Crippen LogP contribution in [0.25, 0.3) is 11.4 Å². The molecule has 0 unspecified atom stereocenters. The van der Waals surface area contributed by atoms with Crippen LogP contribution in [0.2, 0.25) is 0 Å². The third-order valence-corrected chi connectivity index (χ3v) is 4.08. The second-order valence-corrected chi connectivity index (χ2v) is 5.66. The van der Waals surface area contributed by atoms with Crippen LogP contribution in [0.1, 0.15) is 18.7 Å². The van der Waals surface area contributed by atoms with Gasteiger partial charge in [-0.05, 0) is 44.5 Å². The van der Waals surface area contributed by atoms with Crippen molar-refractivity contribution in [2.75, 3.05) is 32.8 Å². The maximum Gasteiger partial charge on any atom is 0.240 e. The van der Waals surface area contributed by atoms with Crippen molar-refractivity contribution in [2.45, 2.75) is 19.4 Å². The molecule has 22 heavy (non-hydrogen) atoms. The lowest BCUT2D eigenvalue weighted by atomic mass is 9.97. The minimum atomic E-state index is 0.249. The molecule has 0 aromatic carbocycles. The Kier molecular flexibility index (Phi) is 5.20. The van der Waals surface area contributed by atoms with Gasteiger partial charge in [0.05, 0.1) is 25.0 Å². The van der Waals surface area contributed by atoms with E-state index in [2.05, 4.69) is 20.4 Å². The van der Waals surface area contributed by atoms with E-state index in [4.69, 9.17) is 14.0 Å². The maximum absolute atomic E-state index is 8.94. The quantitative estimate of drug-likeness (QED) is 0.792. The Bertz CT molecular complexity index is 547. The van der Waals surface area contributed by atoms with Crippen LogP contribution in [-0.2, 0) is 6.54 Å². The van der Waals surface area contributed by atoms with E-state index in [1.165, 1.54) is 0 Å². The summed E-state index contributed by atoms with van der Waals surface area (Å²) < 4.78 is 10.2. The number of rotatable bonds is 7.